The van der Waals surface area contributed by atoms with Gasteiger partial charge in [-0.2, -0.15) is 5.10 Å². The molecule has 0 atom stereocenters. The topological polar surface area (TPSA) is 47.4 Å². The molecule has 0 radical (unpaired) electrons. The van der Waals surface area contributed by atoms with Crippen LogP contribution in [-0.2, 0) is 16.1 Å². The molecular weight excluding hydrogens is 206 g/mol. The highest BCUT2D eigenvalue weighted by atomic mass is 16.5. The fourth-order valence-corrected chi connectivity index (χ4v) is 1.84. The number of hydrogen-bond donors (Lipinski definition) is 0. The summed E-state index contributed by atoms with van der Waals surface area (Å²) in [5, 5.41) is 4.26. The lowest BCUT2D eigenvalue weighted by Crippen LogP contribution is -2.33. The molecular formula is C11H17N3O2. The van der Waals surface area contributed by atoms with E-state index in [0.717, 1.165) is 25.3 Å². The van der Waals surface area contributed by atoms with Crippen molar-refractivity contribution in [3.8, 4) is 0 Å². The molecule has 1 fully saturated rings. The van der Waals surface area contributed by atoms with Gasteiger partial charge < -0.3 is 9.64 Å². The molecule has 0 aliphatic carbocycles. The summed E-state index contributed by atoms with van der Waals surface area (Å²) in [5.41, 5.74) is 1.10. The third-order valence-electron chi connectivity index (χ3n) is 2.83. The SMILES string of the molecule is COCCn1cc(N2CCC(=O)CC2)cn1. The van der Waals surface area contributed by atoms with E-state index in [2.05, 4.69) is 10.00 Å². The zero-order valence-electron chi connectivity index (χ0n) is 9.56. The first kappa shape index (κ1) is 11.1. The van der Waals surface area contributed by atoms with Crippen molar-refractivity contribution >= 4 is 11.5 Å². The molecule has 0 spiro atoms. The number of ether oxygens (including phenoxy) is 1. The molecule has 5 nitrogen and oxygen atoms in total. The number of methoxy groups -OCH3 is 1. The molecule has 0 aromatic carbocycles. The van der Waals surface area contributed by atoms with Crippen LogP contribution in [0.5, 0.6) is 0 Å². The van der Waals surface area contributed by atoms with Gasteiger partial charge in [-0.3, -0.25) is 9.48 Å². The summed E-state index contributed by atoms with van der Waals surface area (Å²) in [6.45, 7) is 3.06. The molecule has 1 aliphatic heterocycles. The zero-order valence-corrected chi connectivity index (χ0v) is 9.56. The smallest absolute Gasteiger partial charge is 0.136 e. The number of carbonyl (C=O) groups is 1. The second kappa shape index (κ2) is 5.12. The van der Waals surface area contributed by atoms with Crippen molar-refractivity contribution < 1.29 is 9.53 Å². The van der Waals surface area contributed by atoms with Crippen molar-refractivity contribution in [2.75, 3.05) is 31.7 Å². The van der Waals surface area contributed by atoms with Crippen LogP contribution in [0.1, 0.15) is 12.8 Å². The van der Waals surface area contributed by atoms with Crippen LogP contribution in [0.15, 0.2) is 12.4 Å². The van der Waals surface area contributed by atoms with Crippen LogP contribution in [0.25, 0.3) is 0 Å². The molecule has 1 saturated heterocycles. The number of ketones is 1. The Bertz CT molecular complexity index is 352. The third kappa shape index (κ3) is 2.61. The summed E-state index contributed by atoms with van der Waals surface area (Å²) in [6, 6.07) is 0. The fraction of sp³-hybridized carbons (Fsp3) is 0.636. The number of Topliss-reactive ketones (excluding diaryl/α,β-unsaturated/α-hetero) is 1. The van der Waals surface area contributed by atoms with Crippen LogP contribution in [0.4, 0.5) is 5.69 Å². The monoisotopic (exact) mass is 223 g/mol. The molecule has 1 aromatic heterocycles. The van der Waals surface area contributed by atoms with E-state index >= 15 is 0 Å². The normalized spacial score (nSPS) is 16.8. The average molecular weight is 223 g/mol. The summed E-state index contributed by atoms with van der Waals surface area (Å²) in [6.07, 6.45) is 5.17. The van der Waals surface area contributed by atoms with Crippen molar-refractivity contribution in [3.05, 3.63) is 12.4 Å². The summed E-state index contributed by atoms with van der Waals surface area (Å²) >= 11 is 0. The number of aromatic nitrogens is 2. The van der Waals surface area contributed by atoms with Crippen molar-refractivity contribution in [3.63, 3.8) is 0 Å². The molecule has 2 rings (SSSR count). The number of nitrogens with zero attached hydrogens (tertiary/aromatic N) is 3. The maximum absolute atomic E-state index is 11.1. The lowest BCUT2D eigenvalue weighted by molar-refractivity contribution is -0.119. The Morgan fingerprint density at radius 1 is 1.44 bits per heavy atom. The number of piperidine rings is 1. The highest BCUT2D eigenvalue weighted by molar-refractivity contribution is 5.80. The quantitative estimate of drug-likeness (QED) is 0.754. The van der Waals surface area contributed by atoms with Crippen LogP contribution < -0.4 is 4.90 Å². The minimum absolute atomic E-state index is 0.364. The van der Waals surface area contributed by atoms with Gasteiger partial charge >= 0.3 is 0 Å². The lowest BCUT2D eigenvalue weighted by atomic mass is 10.1. The van der Waals surface area contributed by atoms with E-state index < -0.39 is 0 Å². The van der Waals surface area contributed by atoms with Gasteiger partial charge in [-0.15, -0.1) is 0 Å². The average Bonchev–Trinajstić information content (AvgIpc) is 2.76. The second-order valence-electron chi connectivity index (χ2n) is 3.98. The molecule has 0 unspecified atom stereocenters. The van der Waals surface area contributed by atoms with Gasteiger partial charge in [0, 0.05) is 39.2 Å². The van der Waals surface area contributed by atoms with Crippen molar-refractivity contribution in [2.45, 2.75) is 19.4 Å². The Morgan fingerprint density at radius 2 is 2.19 bits per heavy atom. The highest BCUT2D eigenvalue weighted by Gasteiger charge is 2.17. The number of rotatable bonds is 4. The predicted molar refractivity (Wildman–Crippen MR) is 60.6 cm³/mol. The van der Waals surface area contributed by atoms with Crippen LogP contribution in [0.2, 0.25) is 0 Å². The van der Waals surface area contributed by atoms with Crippen molar-refractivity contribution in [1.82, 2.24) is 9.78 Å². The van der Waals surface area contributed by atoms with Crippen LogP contribution in [-0.4, -0.2) is 42.4 Å². The minimum atomic E-state index is 0.364. The Balaban J connectivity index is 1.93. The van der Waals surface area contributed by atoms with Crippen LogP contribution >= 0.6 is 0 Å². The van der Waals surface area contributed by atoms with Crippen LogP contribution in [0, 0.1) is 0 Å². The van der Waals surface area contributed by atoms with E-state index in [9.17, 15) is 4.79 Å². The summed E-state index contributed by atoms with van der Waals surface area (Å²) in [7, 11) is 1.68. The maximum atomic E-state index is 11.1. The number of carbonyl (C=O) groups excluding carboxylic acids is 1. The van der Waals surface area contributed by atoms with Gasteiger partial charge in [0.15, 0.2) is 0 Å². The van der Waals surface area contributed by atoms with E-state index in [4.69, 9.17) is 4.74 Å². The van der Waals surface area contributed by atoms with Crippen molar-refractivity contribution in [1.29, 1.82) is 0 Å². The molecule has 0 saturated carbocycles. The first-order chi connectivity index (χ1) is 7.79. The van der Waals surface area contributed by atoms with E-state index in [-0.39, 0.29) is 0 Å². The summed E-state index contributed by atoms with van der Waals surface area (Å²) in [5.74, 6) is 0.364. The first-order valence-corrected chi connectivity index (χ1v) is 5.57. The van der Waals surface area contributed by atoms with Gasteiger partial charge in [0.05, 0.1) is 25.0 Å². The number of hydrogen-bond acceptors (Lipinski definition) is 4. The molecule has 0 amide bonds. The van der Waals surface area contributed by atoms with Gasteiger partial charge in [-0.1, -0.05) is 0 Å². The molecule has 2 heterocycles. The molecule has 1 aromatic rings. The lowest BCUT2D eigenvalue weighted by Gasteiger charge is -2.26. The van der Waals surface area contributed by atoms with Gasteiger partial charge in [0.25, 0.3) is 0 Å². The Morgan fingerprint density at radius 3 is 2.88 bits per heavy atom. The van der Waals surface area contributed by atoms with E-state index in [0.29, 0.717) is 25.2 Å². The zero-order chi connectivity index (χ0) is 11.4. The molecule has 16 heavy (non-hydrogen) atoms. The third-order valence-corrected chi connectivity index (χ3v) is 2.83. The first-order valence-electron chi connectivity index (χ1n) is 5.57. The maximum Gasteiger partial charge on any atom is 0.136 e. The largest absolute Gasteiger partial charge is 0.383 e. The van der Waals surface area contributed by atoms with E-state index in [1.807, 2.05) is 17.1 Å². The molecule has 0 bridgehead atoms. The summed E-state index contributed by atoms with van der Waals surface area (Å²) < 4.78 is 6.87. The number of anilines is 1. The Hall–Kier alpha value is -1.36. The van der Waals surface area contributed by atoms with E-state index in [1.54, 1.807) is 7.11 Å². The minimum Gasteiger partial charge on any atom is -0.383 e. The standard InChI is InChI=1S/C11H17N3O2/c1-16-7-6-14-9-10(8-12-14)13-4-2-11(15)3-5-13/h8-9H,2-7H2,1H3. The molecule has 1 aliphatic rings. The van der Waals surface area contributed by atoms with Crippen LogP contribution in [0.3, 0.4) is 0 Å². The Labute approximate surface area is 95.0 Å². The molecule has 5 heteroatoms. The second-order valence-corrected chi connectivity index (χ2v) is 3.98. The van der Waals surface area contributed by atoms with Gasteiger partial charge in [-0.05, 0) is 0 Å². The Kier molecular flexibility index (Phi) is 3.56. The molecule has 88 valence electrons. The van der Waals surface area contributed by atoms with Gasteiger partial charge in [-0.25, -0.2) is 0 Å². The van der Waals surface area contributed by atoms with Crippen molar-refractivity contribution in [2.24, 2.45) is 0 Å². The highest BCUT2D eigenvalue weighted by Crippen LogP contribution is 2.17. The predicted octanol–water partition coefficient (Wildman–Crippen LogP) is 0.699. The summed E-state index contributed by atoms with van der Waals surface area (Å²) in [4.78, 5) is 13.3. The van der Waals surface area contributed by atoms with Gasteiger partial charge in [0.2, 0.25) is 0 Å². The molecule has 0 N–H and O–H groups in total. The van der Waals surface area contributed by atoms with Gasteiger partial charge in [0.1, 0.15) is 5.78 Å². The van der Waals surface area contributed by atoms with E-state index in [1.165, 1.54) is 0 Å². The fourth-order valence-electron chi connectivity index (χ4n) is 1.84.